The fraction of sp³-hybridized carbons (Fsp3) is 0.344. The number of benzene rings is 2. The standard InChI is InChI=1S/C32H34F2N4O3/c1-3-41-36-30(27-12-11-25(33)20-28(27)34)24-13-17-37(18-14-24)19-15-26-22(2)35-31-29(10-7-16-38(31)32(26)39)40-21-23-8-5-4-6-9-23/h4-12,16,20,24H,3,13-15,17-19,21H2,1-2H3/b36-30-. The predicted molar refractivity (Wildman–Crippen MR) is 154 cm³/mol. The van der Waals surface area contributed by atoms with Crippen molar-refractivity contribution in [3.8, 4) is 5.75 Å². The summed E-state index contributed by atoms with van der Waals surface area (Å²) in [6, 6.07) is 17.0. The first kappa shape index (κ1) is 28.4. The minimum absolute atomic E-state index is 0.0123. The van der Waals surface area contributed by atoms with Crippen molar-refractivity contribution in [2.75, 3.05) is 26.2 Å². The zero-order chi connectivity index (χ0) is 28.8. The third-order valence-electron chi connectivity index (χ3n) is 7.51. The van der Waals surface area contributed by atoms with Crippen LogP contribution < -0.4 is 10.3 Å². The summed E-state index contributed by atoms with van der Waals surface area (Å²) in [6.45, 7) is 6.65. The van der Waals surface area contributed by atoms with Crippen LogP contribution in [-0.2, 0) is 17.9 Å². The summed E-state index contributed by atoms with van der Waals surface area (Å²) in [6.07, 6.45) is 3.78. The molecule has 2 aromatic carbocycles. The molecular formula is C32H34F2N4O3. The van der Waals surface area contributed by atoms with Crippen LogP contribution in [0.2, 0.25) is 0 Å². The molecule has 41 heavy (non-hydrogen) atoms. The van der Waals surface area contributed by atoms with E-state index in [4.69, 9.17) is 14.6 Å². The number of aromatic nitrogens is 2. The second kappa shape index (κ2) is 13.0. The number of aryl methyl sites for hydroxylation is 1. The molecule has 1 aliphatic heterocycles. The first-order chi connectivity index (χ1) is 19.9. The van der Waals surface area contributed by atoms with Gasteiger partial charge in [-0.2, -0.15) is 0 Å². The molecule has 4 aromatic rings. The number of hydrogen-bond acceptors (Lipinski definition) is 6. The third kappa shape index (κ3) is 6.62. The molecule has 1 saturated heterocycles. The number of oxime groups is 1. The van der Waals surface area contributed by atoms with E-state index in [0.29, 0.717) is 54.5 Å². The maximum absolute atomic E-state index is 14.6. The lowest BCUT2D eigenvalue weighted by Crippen LogP contribution is -2.38. The third-order valence-corrected chi connectivity index (χ3v) is 7.51. The molecule has 5 rings (SSSR count). The van der Waals surface area contributed by atoms with Crippen LogP contribution in [0.4, 0.5) is 8.78 Å². The van der Waals surface area contributed by atoms with Crippen LogP contribution in [-0.4, -0.2) is 46.2 Å². The number of halogens is 2. The Bertz CT molecular complexity index is 1580. The summed E-state index contributed by atoms with van der Waals surface area (Å²) in [4.78, 5) is 25.8. The van der Waals surface area contributed by atoms with Gasteiger partial charge in [0.2, 0.25) is 0 Å². The Morgan fingerprint density at radius 2 is 1.85 bits per heavy atom. The van der Waals surface area contributed by atoms with Crippen molar-refractivity contribution in [1.82, 2.24) is 14.3 Å². The predicted octanol–water partition coefficient (Wildman–Crippen LogP) is 5.56. The van der Waals surface area contributed by atoms with Gasteiger partial charge in [0, 0.05) is 41.5 Å². The topological polar surface area (TPSA) is 68.4 Å². The number of pyridine rings is 1. The Balaban J connectivity index is 1.25. The molecule has 0 atom stereocenters. The van der Waals surface area contributed by atoms with E-state index in [0.717, 1.165) is 37.6 Å². The monoisotopic (exact) mass is 560 g/mol. The van der Waals surface area contributed by atoms with Gasteiger partial charge in [-0.15, -0.1) is 0 Å². The highest BCUT2D eigenvalue weighted by Gasteiger charge is 2.27. The molecule has 0 radical (unpaired) electrons. The normalized spacial score (nSPS) is 14.9. The molecule has 0 N–H and O–H groups in total. The van der Waals surface area contributed by atoms with Crippen LogP contribution in [0.25, 0.3) is 5.65 Å². The summed E-state index contributed by atoms with van der Waals surface area (Å²) < 4.78 is 35.6. The van der Waals surface area contributed by atoms with Crippen LogP contribution in [0.5, 0.6) is 5.75 Å². The molecule has 0 unspecified atom stereocenters. The van der Waals surface area contributed by atoms with Gasteiger partial charge in [-0.25, -0.2) is 13.8 Å². The van der Waals surface area contributed by atoms with Gasteiger partial charge in [0.1, 0.15) is 24.8 Å². The molecule has 9 heteroatoms. The Morgan fingerprint density at radius 3 is 2.59 bits per heavy atom. The van der Waals surface area contributed by atoms with Gasteiger partial charge >= 0.3 is 0 Å². The maximum atomic E-state index is 14.6. The zero-order valence-corrected chi connectivity index (χ0v) is 23.4. The Labute approximate surface area is 238 Å². The summed E-state index contributed by atoms with van der Waals surface area (Å²) in [5.74, 6) is -0.713. The second-order valence-electron chi connectivity index (χ2n) is 10.2. The van der Waals surface area contributed by atoms with Crippen molar-refractivity contribution in [3.05, 3.63) is 111 Å². The van der Waals surface area contributed by atoms with Gasteiger partial charge in [0.25, 0.3) is 5.56 Å². The second-order valence-corrected chi connectivity index (χ2v) is 10.2. The molecule has 0 amide bonds. The van der Waals surface area contributed by atoms with Crippen molar-refractivity contribution in [2.45, 2.75) is 39.7 Å². The molecular weight excluding hydrogens is 526 g/mol. The van der Waals surface area contributed by atoms with Crippen molar-refractivity contribution in [1.29, 1.82) is 0 Å². The molecule has 1 aliphatic rings. The molecule has 2 aromatic heterocycles. The van der Waals surface area contributed by atoms with E-state index in [9.17, 15) is 13.6 Å². The zero-order valence-electron chi connectivity index (χ0n) is 23.4. The van der Waals surface area contributed by atoms with Crippen molar-refractivity contribution >= 4 is 11.4 Å². The van der Waals surface area contributed by atoms with Crippen molar-refractivity contribution < 1.29 is 18.4 Å². The van der Waals surface area contributed by atoms with Gasteiger partial charge in [-0.3, -0.25) is 9.20 Å². The van der Waals surface area contributed by atoms with Crippen LogP contribution >= 0.6 is 0 Å². The van der Waals surface area contributed by atoms with Gasteiger partial charge < -0.3 is 14.5 Å². The highest BCUT2D eigenvalue weighted by molar-refractivity contribution is 6.02. The number of rotatable bonds is 10. The molecule has 1 fully saturated rings. The lowest BCUT2D eigenvalue weighted by Gasteiger charge is -2.32. The SMILES string of the molecule is CCO/N=C(\c1ccc(F)cc1F)C1CCN(CCc2c(C)nc3c(OCc4ccccc4)cccn3c2=O)CC1. The summed E-state index contributed by atoms with van der Waals surface area (Å²) >= 11 is 0. The molecule has 0 spiro atoms. The Kier molecular flexibility index (Phi) is 9.04. The molecule has 0 saturated carbocycles. The van der Waals surface area contributed by atoms with Crippen LogP contribution in [0, 0.1) is 24.5 Å². The van der Waals surface area contributed by atoms with E-state index in [-0.39, 0.29) is 17.0 Å². The van der Waals surface area contributed by atoms with Crippen molar-refractivity contribution in [2.24, 2.45) is 11.1 Å². The van der Waals surface area contributed by atoms with Gasteiger partial charge in [-0.05, 0) is 76.0 Å². The average molecular weight is 561 g/mol. The van der Waals surface area contributed by atoms with E-state index in [1.807, 2.05) is 50.2 Å². The highest BCUT2D eigenvalue weighted by atomic mass is 19.1. The minimum Gasteiger partial charge on any atom is -0.485 e. The fourth-order valence-electron chi connectivity index (χ4n) is 5.29. The van der Waals surface area contributed by atoms with Gasteiger partial charge in [0.15, 0.2) is 11.4 Å². The molecule has 0 bridgehead atoms. The lowest BCUT2D eigenvalue weighted by molar-refractivity contribution is 0.153. The Morgan fingerprint density at radius 1 is 1.07 bits per heavy atom. The van der Waals surface area contributed by atoms with Crippen LogP contribution in [0.15, 0.2) is 76.8 Å². The summed E-state index contributed by atoms with van der Waals surface area (Å²) in [5.41, 5.74) is 3.61. The molecule has 3 heterocycles. The number of ether oxygens (including phenoxy) is 1. The quantitative estimate of drug-likeness (QED) is 0.188. The molecule has 0 aliphatic carbocycles. The number of likely N-dealkylation sites (tertiary alicyclic amines) is 1. The number of fused-ring (bicyclic) bond motifs is 1. The minimum atomic E-state index is -0.640. The lowest BCUT2D eigenvalue weighted by atomic mass is 9.87. The summed E-state index contributed by atoms with van der Waals surface area (Å²) in [7, 11) is 0. The van der Waals surface area contributed by atoms with Gasteiger partial charge in [-0.1, -0.05) is 35.5 Å². The van der Waals surface area contributed by atoms with Crippen LogP contribution in [0.1, 0.15) is 42.1 Å². The van der Waals surface area contributed by atoms with Crippen LogP contribution in [0.3, 0.4) is 0 Å². The largest absolute Gasteiger partial charge is 0.485 e. The molecule has 7 nitrogen and oxygen atoms in total. The van der Waals surface area contributed by atoms with E-state index >= 15 is 0 Å². The van der Waals surface area contributed by atoms with Gasteiger partial charge in [0.05, 0.1) is 5.71 Å². The first-order valence-electron chi connectivity index (χ1n) is 14.0. The van der Waals surface area contributed by atoms with E-state index in [2.05, 4.69) is 10.1 Å². The number of hydrogen-bond donors (Lipinski definition) is 0. The first-order valence-corrected chi connectivity index (χ1v) is 14.0. The molecule has 214 valence electrons. The smallest absolute Gasteiger partial charge is 0.261 e. The number of piperidine rings is 1. The van der Waals surface area contributed by atoms with E-state index in [1.165, 1.54) is 12.1 Å². The average Bonchev–Trinajstić information content (AvgIpc) is 2.98. The van der Waals surface area contributed by atoms with E-state index < -0.39 is 11.6 Å². The Hall–Kier alpha value is -4.11. The maximum Gasteiger partial charge on any atom is 0.261 e. The summed E-state index contributed by atoms with van der Waals surface area (Å²) in [5, 5.41) is 4.21. The number of nitrogens with zero attached hydrogens (tertiary/aromatic N) is 4. The van der Waals surface area contributed by atoms with E-state index in [1.54, 1.807) is 16.7 Å². The van der Waals surface area contributed by atoms with Crippen molar-refractivity contribution in [3.63, 3.8) is 0 Å². The highest BCUT2D eigenvalue weighted by Crippen LogP contribution is 2.25. The fourth-order valence-corrected chi connectivity index (χ4v) is 5.29.